The molecule has 0 bridgehead atoms. The fraction of sp³-hybridized carbons (Fsp3) is 0.833. The first kappa shape index (κ1) is 24.9. The van der Waals surface area contributed by atoms with E-state index < -0.39 is 0 Å². The van der Waals surface area contributed by atoms with Crippen molar-refractivity contribution < 1.29 is 9.59 Å². The molecule has 6 nitrogen and oxygen atoms in total. The molecule has 0 aromatic rings. The normalized spacial score (nSPS) is 25.7. The van der Waals surface area contributed by atoms with E-state index in [0.29, 0.717) is 12.8 Å². The van der Waals surface area contributed by atoms with Crippen LogP contribution in [0.25, 0.3) is 0 Å². The summed E-state index contributed by atoms with van der Waals surface area (Å²) in [5.74, 6) is 0.0408. The van der Waals surface area contributed by atoms with E-state index in [-0.39, 0.29) is 46.1 Å². The molecule has 2 heterocycles. The molecule has 2 aliphatic rings. The third-order valence-corrected chi connectivity index (χ3v) is 5.88. The molecule has 0 spiro atoms. The van der Waals surface area contributed by atoms with Crippen LogP contribution in [0.2, 0.25) is 0 Å². The molecule has 0 aliphatic carbocycles. The van der Waals surface area contributed by atoms with E-state index in [0.717, 1.165) is 25.7 Å². The molecule has 0 saturated carbocycles. The molecule has 172 valence electrons. The summed E-state index contributed by atoms with van der Waals surface area (Å²) in [6.07, 6.45) is 7.89. The van der Waals surface area contributed by atoms with Gasteiger partial charge < -0.3 is 21.3 Å². The molecular weight excluding hydrogens is 376 g/mol. The molecule has 2 saturated heterocycles. The van der Waals surface area contributed by atoms with Crippen molar-refractivity contribution in [3.05, 3.63) is 12.2 Å². The van der Waals surface area contributed by atoms with Crippen LogP contribution < -0.4 is 21.3 Å². The molecule has 0 atom stereocenters. The third-order valence-electron chi connectivity index (χ3n) is 5.88. The molecule has 2 amide bonds. The smallest absolute Gasteiger partial charge is 0.224 e. The van der Waals surface area contributed by atoms with Crippen molar-refractivity contribution in [3.63, 3.8) is 0 Å². The quantitative estimate of drug-likeness (QED) is 0.498. The van der Waals surface area contributed by atoms with Crippen LogP contribution in [0.15, 0.2) is 12.2 Å². The fourth-order valence-corrected chi connectivity index (χ4v) is 5.80. The van der Waals surface area contributed by atoms with Crippen molar-refractivity contribution in [1.29, 1.82) is 0 Å². The molecule has 0 unspecified atom stereocenters. The highest BCUT2D eigenvalue weighted by molar-refractivity contribution is 5.79. The SMILES string of the molecule is CC1(C)CC(NC(=O)C/C=C/CC(=O)NC2CC(C)(C)NC(C)(C)C2)CC(C)(C)N1. The van der Waals surface area contributed by atoms with E-state index in [1.54, 1.807) is 0 Å². The zero-order valence-electron chi connectivity index (χ0n) is 20.4. The standard InChI is InChI=1S/C24H44N4O2/c1-21(2)13-17(14-22(3,4)27-21)25-19(29)11-9-10-12-20(30)26-18-15-23(5,6)28-24(7,8)16-18/h9-10,17-18,27-28H,11-16H2,1-8H3,(H,25,29)(H,26,30)/b10-9+. The Morgan fingerprint density at radius 1 is 0.667 bits per heavy atom. The van der Waals surface area contributed by atoms with Crippen LogP contribution >= 0.6 is 0 Å². The van der Waals surface area contributed by atoms with Gasteiger partial charge in [-0.05, 0) is 81.1 Å². The van der Waals surface area contributed by atoms with Gasteiger partial charge in [0.15, 0.2) is 0 Å². The van der Waals surface area contributed by atoms with E-state index in [2.05, 4.69) is 76.7 Å². The topological polar surface area (TPSA) is 82.3 Å². The first-order valence-electron chi connectivity index (χ1n) is 11.4. The first-order chi connectivity index (χ1) is 13.6. The Morgan fingerprint density at radius 3 is 1.20 bits per heavy atom. The maximum absolute atomic E-state index is 12.3. The molecular formula is C24H44N4O2. The largest absolute Gasteiger partial charge is 0.353 e. The van der Waals surface area contributed by atoms with Crippen LogP contribution in [-0.4, -0.2) is 46.1 Å². The van der Waals surface area contributed by atoms with Gasteiger partial charge in [0, 0.05) is 47.1 Å². The number of amides is 2. The Kier molecular flexibility index (Phi) is 7.45. The van der Waals surface area contributed by atoms with Crippen LogP contribution in [0.3, 0.4) is 0 Å². The molecule has 30 heavy (non-hydrogen) atoms. The monoisotopic (exact) mass is 420 g/mol. The van der Waals surface area contributed by atoms with E-state index in [4.69, 9.17) is 0 Å². The number of carbonyl (C=O) groups excluding carboxylic acids is 2. The Labute approximate surface area is 183 Å². The van der Waals surface area contributed by atoms with Crippen LogP contribution in [0.1, 0.15) is 93.9 Å². The van der Waals surface area contributed by atoms with Gasteiger partial charge in [-0.2, -0.15) is 0 Å². The van der Waals surface area contributed by atoms with Gasteiger partial charge in [-0.25, -0.2) is 0 Å². The Morgan fingerprint density at radius 2 is 0.933 bits per heavy atom. The Balaban J connectivity index is 1.74. The minimum atomic E-state index is 0.00535. The summed E-state index contributed by atoms with van der Waals surface area (Å²) < 4.78 is 0. The van der Waals surface area contributed by atoms with Crippen LogP contribution in [0, 0.1) is 0 Å². The molecule has 0 radical (unpaired) electrons. The molecule has 6 heteroatoms. The van der Waals surface area contributed by atoms with Crippen molar-refractivity contribution in [3.8, 4) is 0 Å². The number of piperidine rings is 2. The zero-order chi connectivity index (χ0) is 22.8. The summed E-state index contributed by atoms with van der Waals surface area (Å²) in [7, 11) is 0. The summed E-state index contributed by atoms with van der Waals surface area (Å²) in [6, 6.07) is 0.346. The summed E-state index contributed by atoms with van der Waals surface area (Å²) in [4.78, 5) is 24.7. The maximum Gasteiger partial charge on any atom is 0.224 e. The number of rotatable bonds is 6. The highest BCUT2D eigenvalue weighted by Gasteiger charge is 2.39. The van der Waals surface area contributed by atoms with E-state index in [1.165, 1.54) is 0 Å². The van der Waals surface area contributed by atoms with Gasteiger partial charge in [0.1, 0.15) is 0 Å². The predicted octanol–water partition coefficient (Wildman–Crippen LogP) is 3.17. The Bertz CT molecular complexity index is 576. The van der Waals surface area contributed by atoms with Crippen molar-refractivity contribution in [1.82, 2.24) is 21.3 Å². The number of nitrogens with one attached hydrogen (secondary N) is 4. The number of hydrogen-bond donors (Lipinski definition) is 4. The van der Waals surface area contributed by atoms with Gasteiger partial charge >= 0.3 is 0 Å². The summed E-state index contributed by atoms with van der Waals surface area (Å²) in [5.41, 5.74) is 0.0214. The van der Waals surface area contributed by atoms with Crippen LogP contribution in [0.4, 0.5) is 0 Å². The second-order valence-corrected chi connectivity index (χ2v) is 12.0. The zero-order valence-corrected chi connectivity index (χ0v) is 20.4. The summed E-state index contributed by atoms with van der Waals surface area (Å²) in [6.45, 7) is 17.4. The highest BCUT2D eigenvalue weighted by Crippen LogP contribution is 2.29. The van der Waals surface area contributed by atoms with Crippen molar-refractivity contribution in [2.45, 2.75) is 128 Å². The van der Waals surface area contributed by atoms with Gasteiger partial charge in [-0.3, -0.25) is 9.59 Å². The average Bonchev–Trinajstić information content (AvgIpc) is 2.44. The lowest BCUT2D eigenvalue weighted by Gasteiger charge is -2.46. The summed E-state index contributed by atoms with van der Waals surface area (Å²) in [5, 5.41) is 13.6. The molecule has 2 fully saturated rings. The fourth-order valence-electron chi connectivity index (χ4n) is 5.80. The maximum atomic E-state index is 12.3. The predicted molar refractivity (Wildman–Crippen MR) is 123 cm³/mol. The average molecular weight is 421 g/mol. The summed E-state index contributed by atoms with van der Waals surface area (Å²) >= 11 is 0. The van der Waals surface area contributed by atoms with Crippen molar-refractivity contribution >= 4 is 11.8 Å². The lowest BCUT2D eigenvalue weighted by atomic mass is 9.79. The lowest BCUT2D eigenvalue weighted by Crippen LogP contribution is -2.62. The van der Waals surface area contributed by atoms with Gasteiger partial charge in [0.05, 0.1) is 0 Å². The van der Waals surface area contributed by atoms with Gasteiger partial charge in [-0.1, -0.05) is 12.2 Å². The second kappa shape index (κ2) is 8.99. The lowest BCUT2D eigenvalue weighted by molar-refractivity contribution is -0.122. The van der Waals surface area contributed by atoms with Crippen molar-refractivity contribution in [2.24, 2.45) is 0 Å². The highest BCUT2D eigenvalue weighted by atomic mass is 16.2. The Hall–Kier alpha value is -1.40. The second-order valence-electron chi connectivity index (χ2n) is 12.0. The van der Waals surface area contributed by atoms with E-state index in [9.17, 15) is 9.59 Å². The number of carbonyl (C=O) groups is 2. The number of hydrogen-bond acceptors (Lipinski definition) is 4. The van der Waals surface area contributed by atoms with Crippen LogP contribution in [0.5, 0.6) is 0 Å². The minimum Gasteiger partial charge on any atom is -0.353 e. The van der Waals surface area contributed by atoms with Gasteiger partial charge in [0.25, 0.3) is 0 Å². The molecule has 2 rings (SSSR count). The molecule has 0 aromatic carbocycles. The third kappa shape index (κ3) is 8.38. The minimum absolute atomic E-state index is 0.00535. The molecule has 0 aromatic heterocycles. The van der Waals surface area contributed by atoms with Gasteiger partial charge in [-0.15, -0.1) is 0 Å². The molecule has 2 aliphatic heterocycles. The van der Waals surface area contributed by atoms with Crippen molar-refractivity contribution in [2.75, 3.05) is 0 Å². The van der Waals surface area contributed by atoms with Gasteiger partial charge in [0.2, 0.25) is 11.8 Å². The van der Waals surface area contributed by atoms with Crippen LogP contribution in [-0.2, 0) is 9.59 Å². The van der Waals surface area contributed by atoms with E-state index in [1.807, 2.05) is 12.2 Å². The molecule has 4 N–H and O–H groups in total. The van der Waals surface area contributed by atoms with E-state index >= 15 is 0 Å². The first-order valence-corrected chi connectivity index (χ1v) is 11.4.